The van der Waals surface area contributed by atoms with E-state index in [1.807, 2.05) is 36.9 Å². The summed E-state index contributed by atoms with van der Waals surface area (Å²) < 4.78 is 0. The van der Waals surface area contributed by atoms with Gasteiger partial charge in [-0.3, -0.25) is 24.2 Å². The Balaban J connectivity index is 1.17. The van der Waals surface area contributed by atoms with E-state index >= 15 is 0 Å². The first-order valence-electron chi connectivity index (χ1n) is 12.3. The van der Waals surface area contributed by atoms with Crippen molar-refractivity contribution in [1.29, 1.82) is 0 Å². The summed E-state index contributed by atoms with van der Waals surface area (Å²) >= 11 is 0. The molecule has 5 amide bonds. The number of imide groups is 1. The molecule has 184 valence electrons. The number of nitrogens with zero attached hydrogens (tertiary/aromatic N) is 3. The van der Waals surface area contributed by atoms with E-state index in [1.54, 1.807) is 0 Å². The molecule has 2 saturated heterocycles. The molecule has 4 rings (SSSR count). The molecule has 3 aliphatic rings. The van der Waals surface area contributed by atoms with Gasteiger partial charge in [0.15, 0.2) is 0 Å². The first kappa shape index (κ1) is 24.2. The largest absolute Gasteiger partial charge is 0.340 e. The van der Waals surface area contributed by atoms with Crippen LogP contribution in [0.15, 0.2) is 18.2 Å². The van der Waals surface area contributed by atoms with Crippen LogP contribution in [0.4, 0.5) is 10.5 Å². The first-order chi connectivity index (χ1) is 16.3. The highest BCUT2D eigenvalue weighted by Crippen LogP contribution is 2.35. The number of amides is 5. The fourth-order valence-corrected chi connectivity index (χ4v) is 5.29. The van der Waals surface area contributed by atoms with E-state index in [1.165, 1.54) is 4.90 Å². The molecule has 2 aliphatic heterocycles. The molecule has 0 radical (unpaired) electrons. The second-order valence-corrected chi connectivity index (χ2v) is 9.75. The summed E-state index contributed by atoms with van der Waals surface area (Å²) in [5.41, 5.74) is 2.25. The molecule has 34 heavy (non-hydrogen) atoms. The lowest BCUT2D eigenvalue weighted by Crippen LogP contribution is -2.50. The highest BCUT2D eigenvalue weighted by atomic mass is 16.2. The zero-order valence-corrected chi connectivity index (χ0v) is 20.2. The van der Waals surface area contributed by atoms with Gasteiger partial charge in [-0.2, -0.15) is 0 Å². The number of anilines is 1. The Hall–Kier alpha value is -2.94. The topological polar surface area (TPSA) is 102 Å². The summed E-state index contributed by atoms with van der Waals surface area (Å²) in [5.74, 6) is -0.150. The Morgan fingerprint density at radius 1 is 1.03 bits per heavy atom. The Labute approximate surface area is 200 Å². The molecule has 1 saturated carbocycles. The molecule has 2 heterocycles. The van der Waals surface area contributed by atoms with Crippen LogP contribution in [0.5, 0.6) is 0 Å². The van der Waals surface area contributed by atoms with Crippen molar-refractivity contribution < 1.29 is 19.2 Å². The number of nitrogens with one attached hydrogen (secondary N) is 2. The number of rotatable bonds is 7. The van der Waals surface area contributed by atoms with Crippen molar-refractivity contribution in [3.63, 3.8) is 0 Å². The molecule has 1 aromatic carbocycles. The van der Waals surface area contributed by atoms with E-state index in [2.05, 4.69) is 15.5 Å². The predicted molar refractivity (Wildman–Crippen MR) is 128 cm³/mol. The fraction of sp³-hybridized carbons (Fsp3) is 0.600. The maximum atomic E-state index is 12.7. The highest BCUT2D eigenvalue weighted by molar-refractivity contribution is 6.07. The lowest BCUT2D eigenvalue weighted by Gasteiger charge is -2.34. The van der Waals surface area contributed by atoms with Gasteiger partial charge in [0.1, 0.15) is 5.54 Å². The number of hydrogen-bond donors (Lipinski definition) is 2. The van der Waals surface area contributed by atoms with Crippen molar-refractivity contribution in [2.75, 3.05) is 44.6 Å². The molecule has 1 aliphatic carbocycles. The molecule has 9 heteroatoms. The summed E-state index contributed by atoms with van der Waals surface area (Å²) in [5, 5.41) is 5.89. The number of benzene rings is 1. The van der Waals surface area contributed by atoms with Crippen LogP contribution in [0.1, 0.15) is 49.7 Å². The molecule has 0 unspecified atom stereocenters. The van der Waals surface area contributed by atoms with E-state index in [0.717, 1.165) is 29.7 Å². The van der Waals surface area contributed by atoms with Crippen LogP contribution < -0.4 is 10.6 Å². The van der Waals surface area contributed by atoms with Crippen LogP contribution in [0, 0.1) is 13.8 Å². The summed E-state index contributed by atoms with van der Waals surface area (Å²) in [6.07, 6.45) is 4.10. The third kappa shape index (κ3) is 5.09. The summed E-state index contributed by atoms with van der Waals surface area (Å²) in [7, 11) is 0. The average Bonchev–Trinajstić information content (AvgIpc) is 3.37. The maximum Gasteiger partial charge on any atom is 0.325 e. The van der Waals surface area contributed by atoms with E-state index in [-0.39, 0.29) is 30.3 Å². The molecule has 0 aromatic heterocycles. The molecule has 1 aromatic rings. The van der Waals surface area contributed by atoms with Crippen molar-refractivity contribution in [2.45, 2.75) is 57.9 Å². The van der Waals surface area contributed by atoms with Gasteiger partial charge < -0.3 is 15.5 Å². The highest BCUT2D eigenvalue weighted by Gasteiger charge is 2.52. The fourth-order valence-electron chi connectivity index (χ4n) is 5.29. The lowest BCUT2D eigenvalue weighted by molar-refractivity contribution is -0.134. The standard InChI is InChI=1S/C25H35N5O4/c1-18-7-5-8-19(2)22(18)26-20(31)17-28-13-15-29(16-14-28)21(32)9-6-12-30-23(33)25(27-24(30)34)10-3-4-11-25/h5,7-8H,3-4,6,9-17H2,1-2H3,(H,26,31)(H,27,34). The van der Waals surface area contributed by atoms with Gasteiger partial charge in [-0.15, -0.1) is 0 Å². The second-order valence-electron chi connectivity index (χ2n) is 9.75. The predicted octanol–water partition coefficient (Wildman–Crippen LogP) is 2.03. The first-order valence-corrected chi connectivity index (χ1v) is 12.3. The quantitative estimate of drug-likeness (QED) is 0.595. The van der Waals surface area contributed by atoms with Gasteiger partial charge in [0.25, 0.3) is 5.91 Å². The van der Waals surface area contributed by atoms with E-state index < -0.39 is 5.54 Å². The summed E-state index contributed by atoms with van der Waals surface area (Å²) in [6, 6.07) is 5.60. The summed E-state index contributed by atoms with van der Waals surface area (Å²) in [6.45, 7) is 6.95. The van der Waals surface area contributed by atoms with Crippen molar-refractivity contribution >= 4 is 29.4 Å². The van der Waals surface area contributed by atoms with Gasteiger partial charge in [0.2, 0.25) is 11.8 Å². The number of carbonyl (C=O) groups is 4. The van der Waals surface area contributed by atoms with Gasteiger partial charge in [0, 0.05) is 44.8 Å². The molecule has 1 spiro atoms. The zero-order chi connectivity index (χ0) is 24.3. The number of piperazine rings is 1. The van der Waals surface area contributed by atoms with Crippen molar-refractivity contribution in [2.24, 2.45) is 0 Å². The number of hydrogen-bond acceptors (Lipinski definition) is 5. The van der Waals surface area contributed by atoms with Crippen LogP contribution >= 0.6 is 0 Å². The van der Waals surface area contributed by atoms with Crippen LogP contribution in [0.3, 0.4) is 0 Å². The van der Waals surface area contributed by atoms with Gasteiger partial charge in [0.05, 0.1) is 6.54 Å². The minimum absolute atomic E-state index is 0.0299. The SMILES string of the molecule is Cc1cccc(C)c1NC(=O)CN1CCN(C(=O)CCCN2C(=O)NC3(CCCC3)C2=O)CC1. The van der Waals surface area contributed by atoms with Crippen LogP contribution in [0.2, 0.25) is 0 Å². The van der Waals surface area contributed by atoms with E-state index in [9.17, 15) is 19.2 Å². The number of carbonyl (C=O) groups excluding carboxylic acids is 4. The lowest BCUT2D eigenvalue weighted by atomic mass is 9.98. The molecular weight excluding hydrogens is 434 g/mol. The summed E-state index contributed by atoms with van der Waals surface area (Å²) in [4.78, 5) is 55.3. The molecule has 3 fully saturated rings. The van der Waals surface area contributed by atoms with Gasteiger partial charge in [-0.25, -0.2) is 4.79 Å². The maximum absolute atomic E-state index is 12.7. The normalized spacial score (nSPS) is 20.2. The monoisotopic (exact) mass is 469 g/mol. The third-order valence-corrected chi connectivity index (χ3v) is 7.31. The number of urea groups is 1. The Kier molecular flexibility index (Phi) is 7.21. The minimum Gasteiger partial charge on any atom is -0.340 e. The Morgan fingerprint density at radius 3 is 2.32 bits per heavy atom. The average molecular weight is 470 g/mol. The number of aryl methyl sites for hydroxylation is 2. The molecule has 2 N–H and O–H groups in total. The van der Waals surface area contributed by atoms with E-state index in [4.69, 9.17) is 0 Å². The second kappa shape index (κ2) is 10.1. The van der Waals surface area contributed by atoms with Gasteiger partial charge in [-0.1, -0.05) is 31.0 Å². The van der Waals surface area contributed by atoms with Crippen LogP contribution in [-0.4, -0.2) is 83.3 Å². The van der Waals surface area contributed by atoms with Gasteiger partial charge >= 0.3 is 6.03 Å². The van der Waals surface area contributed by atoms with Crippen LogP contribution in [0.25, 0.3) is 0 Å². The molecular formula is C25H35N5O4. The minimum atomic E-state index is -0.693. The molecule has 0 bridgehead atoms. The number of para-hydroxylation sites is 1. The zero-order valence-electron chi connectivity index (χ0n) is 20.2. The van der Waals surface area contributed by atoms with Crippen molar-refractivity contribution in [3.05, 3.63) is 29.3 Å². The smallest absolute Gasteiger partial charge is 0.325 e. The Bertz CT molecular complexity index is 944. The van der Waals surface area contributed by atoms with E-state index in [0.29, 0.717) is 58.4 Å². The Morgan fingerprint density at radius 2 is 1.68 bits per heavy atom. The molecule has 9 nitrogen and oxygen atoms in total. The van der Waals surface area contributed by atoms with Crippen LogP contribution in [-0.2, 0) is 14.4 Å². The molecule has 0 atom stereocenters. The third-order valence-electron chi connectivity index (χ3n) is 7.31. The van der Waals surface area contributed by atoms with Gasteiger partial charge in [-0.05, 0) is 44.2 Å². The van der Waals surface area contributed by atoms with Crippen molar-refractivity contribution in [1.82, 2.24) is 20.0 Å². The van der Waals surface area contributed by atoms with Crippen molar-refractivity contribution in [3.8, 4) is 0 Å².